The summed E-state index contributed by atoms with van der Waals surface area (Å²) in [6.45, 7) is 3.58. The number of rotatable bonds is 11. The van der Waals surface area contributed by atoms with Crippen LogP contribution in [0.4, 0.5) is 0 Å². The molecule has 0 rings (SSSR count). The van der Waals surface area contributed by atoms with E-state index in [0.717, 1.165) is 0 Å². The van der Waals surface area contributed by atoms with Gasteiger partial charge in [0.2, 0.25) is 0 Å². The number of ether oxygens (including phenoxy) is 1. The van der Waals surface area contributed by atoms with E-state index >= 15 is 0 Å². The molecule has 0 radical (unpaired) electrons. The molecule has 2 N–H and O–H groups in total. The van der Waals surface area contributed by atoms with Gasteiger partial charge in [-0.3, -0.25) is 9.59 Å². The third-order valence-electron chi connectivity index (χ3n) is 2.69. The monoisotopic (exact) mass is 278 g/mol. The molecule has 0 aliphatic rings. The summed E-state index contributed by atoms with van der Waals surface area (Å²) in [5, 5.41) is 17.9. The van der Waals surface area contributed by atoms with Crippen molar-refractivity contribution in [3.8, 4) is 0 Å². The van der Waals surface area contributed by atoms with Gasteiger partial charge >= 0.3 is 11.9 Å². The summed E-state index contributed by atoms with van der Waals surface area (Å²) < 4.78 is 34.6. The maximum atomic E-state index is 11.8. The lowest BCUT2D eigenvalue weighted by molar-refractivity contribution is -0.145. The fourth-order valence-electron chi connectivity index (χ4n) is 1.46. The summed E-state index contributed by atoms with van der Waals surface area (Å²) in [5.74, 6) is -2.80. The first-order valence-electron chi connectivity index (χ1n) is 8.51. The molecule has 0 saturated carbocycles. The minimum atomic E-state index is -2.59. The highest BCUT2D eigenvalue weighted by molar-refractivity contribution is 5.69. The minimum absolute atomic E-state index is 0.00908. The number of aliphatic hydroxyl groups is 1. The number of carboxylic acid groups (broad SMARTS) is 1. The first kappa shape index (κ1) is 11.7. The second-order valence-corrected chi connectivity index (χ2v) is 4.46. The Morgan fingerprint density at radius 3 is 2.42 bits per heavy atom. The Bertz CT molecular complexity index is 399. The van der Waals surface area contributed by atoms with Crippen LogP contribution in [-0.4, -0.2) is 34.9 Å². The van der Waals surface area contributed by atoms with E-state index in [1.165, 1.54) is 0 Å². The third-order valence-corrected chi connectivity index (χ3v) is 2.69. The van der Waals surface area contributed by atoms with Crippen LogP contribution < -0.4 is 0 Å². The number of aliphatic hydroxyl groups excluding tert-OH is 1. The van der Waals surface area contributed by atoms with Gasteiger partial charge in [-0.25, -0.2) is 0 Å². The summed E-state index contributed by atoms with van der Waals surface area (Å²) in [7, 11) is 0. The zero-order chi connectivity index (χ0) is 18.3. The van der Waals surface area contributed by atoms with Gasteiger partial charge in [0.05, 0.1) is 12.7 Å². The number of esters is 1. The maximum absolute atomic E-state index is 11.8. The van der Waals surface area contributed by atoms with Crippen molar-refractivity contribution in [2.45, 2.75) is 64.8 Å². The van der Waals surface area contributed by atoms with Crippen molar-refractivity contribution in [2.24, 2.45) is 5.92 Å². The number of carbonyl (C=O) groups is 2. The fraction of sp³-hybridized carbons (Fsp3) is 0.857. The average molecular weight is 278 g/mol. The Kier molecular flexibility index (Phi) is 6.65. The van der Waals surface area contributed by atoms with E-state index in [-0.39, 0.29) is 12.5 Å². The lowest BCUT2D eigenvalue weighted by Gasteiger charge is -2.15. The SMILES string of the molecule is [2H]C([2H])(CCC([2H])([2H])C(=O)OCC(CC)CCC(C)O)C(=O)O. The molecule has 0 bridgehead atoms. The Balaban J connectivity index is 4.43. The Hall–Kier alpha value is -1.10. The van der Waals surface area contributed by atoms with Gasteiger partial charge in [0, 0.05) is 18.2 Å². The predicted octanol–water partition coefficient (Wildman–Crippen LogP) is 2.36. The molecule has 0 aromatic heterocycles. The van der Waals surface area contributed by atoms with Gasteiger partial charge in [-0.15, -0.1) is 0 Å². The van der Waals surface area contributed by atoms with Crippen LogP contribution in [0.25, 0.3) is 0 Å². The van der Waals surface area contributed by atoms with Crippen molar-refractivity contribution < 1.29 is 30.0 Å². The molecular weight excluding hydrogens is 248 g/mol. The Labute approximate surface area is 120 Å². The van der Waals surface area contributed by atoms with Crippen molar-refractivity contribution in [1.82, 2.24) is 0 Å². The number of carbonyl (C=O) groups excluding carboxylic acids is 1. The Morgan fingerprint density at radius 1 is 1.26 bits per heavy atom. The van der Waals surface area contributed by atoms with Gasteiger partial charge in [-0.1, -0.05) is 13.3 Å². The largest absolute Gasteiger partial charge is 0.481 e. The van der Waals surface area contributed by atoms with Crippen LogP contribution in [0, 0.1) is 5.92 Å². The van der Waals surface area contributed by atoms with Crippen molar-refractivity contribution >= 4 is 11.9 Å². The van der Waals surface area contributed by atoms with Gasteiger partial charge in [0.25, 0.3) is 0 Å². The van der Waals surface area contributed by atoms with E-state index in [2.05, 4.69) is 0 Å². The molecule has 5 nitrogen and oxygen atoms in total. The van der Waals surface area contributed by atoms with Crippen LogP contribution in [0.1, 0.15) is 64.2 Å². The fourth-order valence-corrected chi connectivity index (χ4v) is 1.46. The van der Waals surface area contributed by atoms with Crippen LogP contribution >= 0.6 is 0 Å². The summed E-state index contributed by atoms with van der Waals surface area (Å²) >= 11 is 0. The summed E-state index contributed by atoms with van der Waals surface area (Å²) in [6.07, 6.45) is -4.76. The normalized spacial score (nSPS) is 18.5. The van der Waals surface area contributed by atoms with Gasteiger partial charge < -0.3 is 14.9 Å². The lowest BCUT2D eigenvalue weighted by Crippen LogP contribution is -2.15. The standard InChI is InChI=1S/C14H26O5/c1-3-12(9-8-11(2)15)10-19-14(18)7-5-4-6-13(16)17/h11-12,15H,3-10H2,1-2H3,(H,16,17)/i6D2,7D2. The molecule has 0 aliphatic carbocycles. The first-order chi connectivity index (χ1) is 10.4. The highest BCUT2D eigenvalue weighted by Gasteiger charge is 2.11. The molecule has 0 amide bonds. The number of hydrogen-bond acceptors (Lipinski definition) is 4. The van der Waals surface area contributed by atoms with Crippen molar-refractivity contribution in [3.05, 3.63) is 0 Å². The number of carboxylic acids is 1. The molecule has 0 aromatic carbocycles. The highest BCUT2D eigenvalue weighted by Crippen LogP contribution is 2.14. The lowest BCUT2D eigenvalue weighted by atomic mass is 10.00. The predicted molar refractivity (Wildman–Crippen MR) is 71.8 cm³/mol. The molecule has 0 fully saturated rings. The molecule has 112 valence electrons. The highest BCUT2D eigenvalue weighted by atomic mass is 16.5. The van der Waals surface area contributed by atoms with Gasteiger partial charge in [0.1, 0.15) is 0 Å². The first-order valence-corrected chi connectivity index (χ1v) is 6.51. The molecule has 0 heterocycles. The van der Waals surface area contributed by atoms with Crippen molar-refractivity contribution in [3.63, 3.8) is 0 Å². The zero-order valence-corrected chi connectivity index (χ0v) is 11.5. The Morgan fingerprint density at radius 2 is 1.89 bits per heavy atom. The molecule has 0 aromatic rings. The average Bonchev–Trinajstić information content (AvgIpc) is 2.44. The zero-order valence-electron chi connectivity index (χ0n) is 15.5. The van der Waals surface area contributed by atoms with E-state index in [1.54, 1.807) is 6.92 Å². The van der Waals surface area contributed by atoms with Crippen molar-refractivity contribution in [1.29, 1.82) is 0 Å². The molecule has 2 unspecified atom stereocenters. The van der Waals surface area contributed by atoms with E-state index in [1.807, 2.05) is 6.92 Å². The van der Waals surface area contributed by atoms with E-state index in [9.17, 15) is 14.7 Å². The van der Waals surface area contributed by atoms with Gasteiger partial charge in [-0.05, 0) is 38.5 Å². The molecule has 0 aliphatic heterocycles. The minimum Gasteiger partial charge on any atom is -0.481 e. The van der Waals surface area contributed by atoms with Crippen LogP contribution in [-0.2, 0) is 14.3 Å². The van der Waals surface area contributed by atoms with E-state index in [0.29, 0.717) is 19.3 Å². The summed E-state index contributed by atoms with van der Waals surface area (Å²) in [6, 6.07) is 0. The third kappa shape index (κ3) is 11.7. The van der Waals surface area contributed by atoms with Crippen LogP contribution in [0.5, 0.6) is 0 Å². The van der Waals surface area contributed by atoms with Gasteiger partial charge in [-0.2, -0.15) is 0 Å². The molecular formula is C14H26O5. The topological polar surface area (TPSA) is 83.8 Å². The molecule has 0 spiro atoms. The molecule has 2 atom stereocenters. The van der Waals surface area contributed by atoms with E-state index in [4.69, 9.17) is 15.3 Å². The van der Waals surface area contributed by atoms with E-state index < -0.39 is 43.6 Å². The summed E-state index contributed by atoms with van der Waals surface area (Å²) in [5.41, 5.74) is 0. The molecule has 5 heteroatoms. The molecule has 19 heavy (non-hydrogen) atoms. The maximum Gasteiger partial charge on any atom is 0.305 e. The number of aliphatic carboxylic acids is 1. The summed E-state index contributed by atoms with van der Waals surface area (Å²) in [4.78, 5) is 22.4. The van der Waals surface area contributed by atoms with Crippen LogP contribution in [0.2, 0.25) is 0 Å². The van der Waals surface area contributed by atoms with Gasteiger partial charge in [0.15, 0.2) is 0 Å². The smallest absolute Gasteiger partial charge is 0.305 e. The molecule has 0 saturated heterocycles. The van der Waals surface area contributed by atoms with Crippen LogP contribution in [0.3, 0.4) is 0 Å². The second-order valence-electron chi connectivity index (χ2n) is 4.46. The second kappa shape index (κ2) is 10.8. The van der Waals surface area contributed by atoms with Crippen molar-refractivity contribution in [2.75, 3.05) is 6.61 Å². The number of hydrogen-bond donors (Lipinski definition) is 2. The quantitative estimate of drug-likeness (QED) is 0.567. The van der Waals surface area contributed by atoms with Crippen LogP contribution in [0.15, 0.2) is 0 Å².